The van der Waals surface area contributed by atoms with Crippen LogP contribution >= 0.6 is 0 Å². The molecule has 0 heterocycles. The Hall–Kier alpha value is -2.69. The van der Waals surface area contributed by atoms with Crippen LogP contribution in [-0.4, -0.2) is 26.7 Å². The maximum absolute atomic E-state index is 12.3. The van der Waals surface area contributed by atoms with Gasteiger partial charge in [-0.15, -0.1) is 0 Å². The Kier molecular flexibility index (Phi) is 7.14. The van der Waals surface area contributed by atoms with Gasteiger partial charge in [0.05, 0.1) is 27.2 Å². The summed E-state index contributed by atoms with van der Waals surface area (Å²) in [5, 5.41) is 2.88. The molecule has 134 valence electrons. The summed E-state index contributed by atoms with van der Waals surface area (Å²) in [5.74, 6) is 2.03. The number of amides is 1. The summed E-state index contributed by atoms with van der Waals surface area (Å²) in [6.45, 7) is 2.83. The van der Waals surface area contributed by atoms with Crippen molar-refractivity contribution in [3.05, 3.63) is 48.0 Å². The van der Waals surface area contributed by atoms with Crippen LogP contribution in [0, 0.1) is 0 Å². The maximum atomic E-state index is 12.3. The van der Waals surface area contributed by atoms with Crippen LogP contribution in [0.2, 0.25) is 0 Å². The van der Waals surface area contributed by atoms with Gasteiger partial charge in [-0.05, 0) is 36.8 Å². The van der Waals surface area contributed by atoms with Crippen molar-refractivity contribution in [2.45, 2.75) is 26.2 Å². The number of carbonyl (C=O) groups excluding carboxylic acids is 1. The Morgan fingerprint density at radius 3 is 2.36 bits per heavy atom. The predicted octanol–water partition coefficient (Wildman–Crippen LogP) is 4.06. The molecule has 2 aromatic carbocycles. The largest absolute Gasteiger partial charge is 0.497 e. The van der Waals surface area contributed by atoms with E-state index in [0.29, 0.717) is 18.1 Å². The fraction of sp³-hybridized carbons (Fsp3) is 0.350. The molecule has 0 saturated heterocycles. The van der Waals surface area contributed by atoms with E-state index in [0.717, 1.165) is 29.8 Å². The summed E-state index contributed by atoms with van der Waals surface area (Å²) in [6, 6.07) is 12.8. The smallest absolute Gasteiger partial charge is 0.228 e. The van der Waals surface area contributed by atoms with E-state index >= 15 is 0 Å². The SMILES string of the molecule is CCCCOc1ccc(NC(=O)Cc2ccc(OC)cc2OC)cc1. The van der Waals surface area contributed by atoms with Crippen LogP contribution in [0.1, 0.15) is 25.3 Å². The van der Waals surface area contributed by atoms with Gasteiger partial charge in [0.2, 0.25) is 5.91 Å². The zero-order chi connectivity index (χ0) is 18.1. The van der Waals surface area contributed by atoms with Crippen molar-refractivity contribution in [3.8, 4) is 17.2 Å². The normalized spacial score (nSPS) is 10.2. The number of nitrogens with one attached hydrogen (secondary N) is 1. The molecule has 0 spiro atoms. The summed E-state index contributed by atoms with van der Waals surface area (Å²) < 4.78 is 16.1. The fourth-order valence-corrected chi connectivity index (χ4v) is 2.34. The van der Waals surface area contributed by atoms with Gasteiger partial charge in [-0.25, -0.2) is 0 Å². The Morgan fingerprint density at radius 1 is 1.00 bits per heavy atom. The predicted molar refractivity (Wildman–Crippen MR) is 98.7 cm³/mol. The average Bonchev–Trinajstić information content (AvgIpc) is 2.63. The van der Waals surface area contributed by atoms with Crippen molar-refractivity contribution in [2.24, 2.45) is 0 Å². The molecule has 0 atom stereocenters. The minimum Gasteiger partial charge on any atom is -0.497 e. The number of carbonyl (C=O) groups is 1. The van der Waals surface area contributed by atoms with E-state index in [1.165, 1.54) is 0 Å². The molecule has 25 heavy (non-hydrogen) atoms. The Labute approximate surface area is 148 Å². The second kappa shape index (κ2) is 9.57. The molecule has 2 rings (SSSR count). The zero-order valence-electron chi connectivity index (χ0n) is 15.0. The molecule has 5 heteroatoms. The molecule has 5 nitrogen and oxygen atoms in total. The van der Waals surface area contributed by atoms with Crippen molar-refractivity contribution in [3.63, 3.8) is 0 Å². The van der Waals surface area contributed by atoms with Gasteiger partial charge < -0.3 is 19.5 Å². The summed E-state index contributed by atoms with van der Waals surface area (Å²) in [7, 11) is 3.17. The highest BCUT2D eigenvalue weighted by atomic mass is 16.5. The summed E-state index contributed by atoms with van der Waals surface area (Å²) in [5.41, 5.74) is 1.54. The van der Waals surface area contributed by atoms with E-state index in [9.17, 15) is 4.79 Å². The van der Waals surface area contributed by atoms with E-state index in [-0.39, 0.29) is 12.3 Å². The van der Waals surface area contributed by atoms with Crippen LogP contribution in [0.25, 0.3) is 0 Å². The molecule has 2 aromatic rings. The molecule has 0 radical (unpaired) electrons. The summed E-state index contributed by atoms with van der Waals surface area (Å²) in [4.78, 5) is 12.3. The first kappa shape index (κ1) is 18.6. The molecular formula is C20H25NO4. The standard InChI is InChI=1S/C20H25NO4/c1-4-5-12-25-17-10-7-16(8-11-17)21-20(22)13-15-6-9-18(23-2)14-19(15)24-3/h6-11,14H,4-5,12-13H2,1-3H3,(H,21,22). The van der Waals surface area contributed by atoms with Crippen molar-refractivity contribution in [1.29, 1.82) is 0 Å². The number of unbranched alkanes of at least 4 members (excludes halogenated alkanes) is 1. The lowest BCUT2D eigenvalue weighted by molar-refractivity contribution is -0.115. The Balaban J connectivity index is 1.94. The lowest BCUT2D eigenvalue weighted by Crippen LogP contribution is -2.15. The van der Waals surface area contributed by atoms with Crippen molar-refractivity contribution in [2.75, 3.05) is 26.1 Å². The van der Waals surface area contributed by atoms with Crippen LogP contribution in [0.15, 0.2) is 42.5 Å². The third-order valence-electron chi connectivity index (χ3n) is 3.75. The highest BCUT2D eigenvalue weighted by Gasteiger charge is 2.10. The quantitative estimate of drug-likeness (QED) is 0.698. The molecule has 0 fully saturated rings. The Morgan fingerprint density at radius 2 is 1.72 bits per heavy atom. The first-order chi connectivity index (χ1) is 12.2. The van der Waals surface area contributed by atoms with Gasteiger partial charge in [0.25, 0.3) is 0 Å². The van der Waals surface area contributed by atoms with E-state index < -0.39 is 0 Å². The maximum Gasteiger partial charge on any atom is 0.228 e. The first-order valence-corrected chi connectivity index (χ1v) is 8.40. The van der Waals surface area contributed by atoms with Gasteiger partial charge in [-0.3, -0.25) is 4.79 Å². The zero-order valence-corrected chi connectivity index (χ0v) is 15.0. The number of hydrogen-bond donors (Lipinski definition) is 1. The second-order valence-corrected chi connectivity index (χ2v) is 5.63. The van der Waals surface area contributed by atoms with Crippen LogP contribution in [0.3, 0.4) is 0 Å². The molecule has 0 aliphatic rings. The molecule has 1 N–H and O–H groups in total. The molecule has 1 amide bonds. The molecule has 0 aliphatic carbocycles. The van der Waals surface area contributed by atoms with E-state index in [1.807, 2.05) is 36.4 Å². The molecule has 0 unspecified atom stereocenters. The molecule has 0 aliphatic heterocycles. The number of rotatable bonds is 9. The molecule has 0 aromatic heterocycles. The van der Waals surface area contributed by atoms with Gasteiger partial charge in [0, 0.05) is 17.3 Å². The van der Waals surface area contributed by atoms with Crippen LogP contribution in [0.5, 0.6) is 17.2 Å². The van der Waals surface area contributed by atoms with Gasteiger partial charge in [0.1, 0.15) is 17.2 Å². The van der Waals surface area contributed by atoms with Crippen molar-refractivity contribution in [1.82, 2.24) is 0 Å². The second-order valence-electron chi connectivity index (χ2n) is 5.63. The first-order valence-electron chi connectivity index (χ1n) is 8.40. The van der Waals surface area contributed by atoms with Crippen molar-refractivity contribution < 1.29 is 19.0 Å². The highest BCUT2D eigenvalue weighted by molar-refractivity contribution is 5.92. The number of benzene rings is 2. The average molecular weight is 343 g/mol. The number of hydrogen-bond acceptors (Lipinski definition) is 4. The Bertz CT molecular complexity index is 683. The van der Waals surface area contributed by atoms with E-state index in [1.54, 1.807) is 20.3 Å². The number of anilines is 1. The van der Waals surface area contributed by atoms with Crippen LogP contribution in [0.4, 0.5) is 5.69 Å². The lowest BCUT2D eigenvalue weighted by Gasteiger charge is -2.11. The van der Waals surface area contributed by atoms with Gasteiger partial charge in [-0.2, -0.15) is 0 Å². The molecule has 0 saturated carbocycles. The van der Waals surface area contributed by atoms with Gasteiger partial charge >= 0.3 is 0 Å². The molecular weight excluding hydrogens is 318 g/mol. The van der Waals surface area contributed by atoms with Gasteiger partial charge in [0.15, 0.2) is 0 Å². The van der Waals surface area contributed by atoms with Crippen LogP contribution < -0.4 is 19.5 Å². The topological polar surface area (TPSA) is 56.8 Å². The van der Waals surface area contributed by atoms with Crippen molar-refractivity contribution >= 4 is 11.6 Å². The third-order valence-corrected chi connectivity index (χ3v) is 3.75. The van der Waals surface area contributed by atoms with E-state index in [4.69, 9.17) is 14.2 Å². The summed E-state index contributed by atoms with van der Waals surface area (Å²) in [6.07, 6.45) is 2.35. The third kappa shape index (κ3) is 5.71. The molecule has 0 bridgehead atoms. The van der Waals surface area contributed by atoms with Gasteiger partial charge in [-0.1, -0.05) is 19.4 Å². The fourth-order valence-electron chi connectivity index (χ4n) is 2.34. The minimum atomic E-state index is -0.108. The highest BCUT2D eigenvalue weighted by Crippen LogP contribution is 2.25. The summed E-state index contributed by atoms with van der Waals surface area (Å²) >= 11 is 0. The minimum absolute atomic E-state index is 0.108. The van der Waals surface area contributed by atoms with E-state index in [2.05, 4.69) is 12.2 Å². The number of methoxy groups -OCH3 is 2. The van der Waals surface area contributed by atoms with Crippen LogP contribution in [-0.2, 0) is 11.2 Å². The number of ether oxygens (including phenoxy) is 3. The monoisotopic (exact) mass is 343 g/mol. The lowest BCUT2D eigenvalue weighted by atomic mass is 10.1.